The van der Waals surface area contributed by atoms with E-state index in [2.05, 4.69) is 18.3 Å². The van der Waals surface area contributed by atoms with E-state index in [0.717, 1.165) is 24.0 Å². The standard InChI is InChI=1S/C14H21NO2/c1-10(15-9-11-4-5-11)12-6-7-13(16-2)14(8-12)17-3/h6-8,10-11,15H,4-5,9H2,1-3H3. The molecule has 0 radical (unpaired) electrons. The molecule has 2 rings (SSSR count). The summed E-state index contributed by atoms with van der Waals surface area (Å²) in [5.74, 6) is 2.48. The van der Waals surface area contributed by atoms with Gasteiger partial charge >= 0.3 is 0 Å². The van der Waals surface area contributed by atoms with E-state index in [0.29, 0.717) is 6.04 Å². The zero-order chi connectivity index (χ0) is 12.3. The molecule has 0 amide bonds. The summed E-state index contributed by atoms with van der Waals surface area (Å²) < 4.78 is 10.5. The van der Waals surface area contributed by atoms with Crippen molar-refractivity contribution in [3.05, 3.63) is 23.8 Å². The Morgan fingerprint density at radius 3 is 2.53 bits per heavy atom. The van der Waals surface area contributed by atoms with Crippen molar-refractivity contribution in [2.45, 2.75) is 25.8 Å². The van der Waals surface area contributed by atoms with Crippen LogP contribution in [0.1, 0.15) is 31.4 Å². The lowest BCUT2D eigenvalue weighted by Gasteiger charge is -2.16. The number of ether oxygens (including phenoxy) is 2. The molecule has 3 nitrogen and oxygen atoms in total. The van der Waals surface area contributed by atoms with E-state index < -0.39 is 0 Å². The molecule has 3 heteroatoms. The first-order chi connectivity index (χ1) is 8.24. The summed E-state index contributed by atoms with van der Waals surface area (Å²) in [6.07, 6.45) is 2.76. The number of hydrogen-bond acceptors (Lipinski definition) is 3. The fourth-order valence-electron chi connectivity index (χ4n) is 1.91. The molecule has 0 spiro atoms. The summed E-state index contributed by atoms with van der Waals surface area (Å²) >= 11 is 0. The average molecular weight is 235 g/mol. The second-order valence-corrected chi connectivity index (χ2v) is 4.69. The Morgan fingerprint density at radius 2 is 1.94 bits per heavy atom. The molecule has 1 unspecified atom stereocenters. The van der Waals surface area contributed by atoms with E-state index in [1.807, 2.05) is 12.1 Å². The van der Waals surface area contributed by atoms with Crippen molar-refractivity contribution in [3.8, 4) is 11.5 Å². The highest BCUT2D eigenvalue weighted by Crippen LogP contribution is 2.31. The lowest BCUT2D eigenvalue weighted by atomic mass is 10.1. The molecule has 0 saturated heterocycles. The Morgan fingerprint density at radius 1 is 1.24 bits per heavy atom. The first kappa shape index (κ1) is 12.2. The second kappa shape index (κ2) is 5.41. The summed E-state index contributed by atoms with van der Waals surface area (Å²) in [4.78, 5) is 0. The van der Waals surface area contributed by atoms with Crippen molar-refractivity contribution in [1.29, 1.82) is 0 Å². The Kier molecular flexibility index (Phi) is 3.89. The van der Waals surface area contributed by atoms with E-state index in [1.165, 1.54) is 18.4 Å². The second-order valence-electron chi connectivity index (χ2n) is 4.69. The predicted octanol–water partition coefficient (Wildman–Crippen LogP) is 2.76. The smallest absolute Gasteiger partial charge is 0.161 e. The van der Waals surface area contributed by atoms with Crippen LogP contribution in [0.25, 0.3) is 0 Å². The molecule has 17 heavy (non-hydrogen) atoms. The number of methoxy groups -OCH3 is 2. The molecule has 0 bridgehead atoms. The van der Waals surface area contributed by atoms with Crippen LogP contribution in [0.4, 0.5) is 0 Å². The minimum atomic E-state index is 0.357. The quantitative estimate of drug-likeness (QED) is 0.822. The topological polar surface area (TPSA) is 30.5 Å². The van der Waals surface area contributed by atoms with Gasteiger partial charge in [-0.05, 0) is 49.9 Å². The fraction of sp³-hybridized carbons (Fsp3) is 0.571. The Balaban J connectivity index is 2.02. The molecule has 1 saturated carbocycles. The molecule has 0 aromatic heterocycles. The first-order valence-electron chi connectivity index (χ1n) is 6.20. The van der Waals surface area contributed by atoms with Crippen LogP contribution in [-0.2, 0) is 0 Å². The largest absolute Gasteiger partial charge is 0.493 e. The molecular formula is C14H21NO2. The molecular weight excluding hydrogens is 214 g/mol. The fourth-order valence-corrected chi connectivity index (χ4v) is 1.91. The average Bonchev–Trinajstić information content (AvgIpc) is 3.19. The highest BCUT2D eigenvalue weighted by Gasteiger charge is 2.21. The van der Waals surface area contributed by atoms with Gasteiger partial charge in [0.25, 0.3) is 0 Å². The minimum absolute atomic E-state index is 0.357. The first-order valence-corrected chi connectivity index (χ1v) is 6.20. The molecule has 1 atom stereocenters. The normalized spacial score (nSPS) is 16.6. The minimum Gasteiger partial charge on any atom is -0.493 e. The van der Waals surface area contributed by atoms with Crippen LogP contribution in [0.15, 0.2) is 18.2 Å². The van der Waals surface area contributed by atoms with E-state index in [9.17, 15) is 0 Å². The van der Waals surface area contributed by atoms with Gasteiger partial charge in [-0.15, -0.1) is 0 Å². The van der Waals surface area contributed by atoms with Gasteiger partial charge in [-0.1, -0.05) is 6.07 Å². The molecule has 0 heterocycles. The van der Waals surface area contributed by atoms with E-state index in [1.54, 1.807) is 14.2 Å². The van der Waals surface area contributed by atoms with Crippen LogP contribution in [0.3, 0.4) is 0 Å². The maximum Gasteiger partial charge on any atom is 0.161 e. The van der Waals surface area contributed by atoms with Gasteiger partial charge in [0.1, 0.15) is 0 Å². The van der Waals surface area contributed by atoms with Gasteiger partial charge < -0.3 is 14.8 Å². The molecule has 1 aromatic rings. The number of nitrogens with one attached hydrogen (secondary N) is 1. The van der Waals surface area contributed by atoms with Crippen molar-refractivity contribution < 1.29 is 9.47 Å². The maximum atomic E-state index is 5.31. The van der Waals surface area contributed by atoms with Crippen LogP contribution < -0.4 is 14.8 Å². The summed E-state index contributed by atoms with van der Waals surface area (Å²) in [7, 11) is 3.33. The van der Waals surface area contributed by atoms with Crippen molar-refractivity contribution >= 4 is 0 Å². The van der Waals surface area contributed by atoms with Gasteiger partial charge in [-0.2, -0.15) is 0 Å². The molecule has 1 aliphatic rings. The van der Waals surface area contributed by atoms with Gasteiger partial charge in [-0.25, -0.2) is 0 Å². The monoisotopic (exact) mass is 235 g/mol. The van der Waals surface area contributed by atoms with Gasteiger partial charge in [-0.3, -0.25) is 0 Å². The van der Waals surface area contributed by atoms with Gasteiger partial charge in [0.15, 0.2) is 11.5 Å². The third-order valence-corrected chi connectivity index (χ3v) is 3.32. The van der Waals surface area contributed by atoms with E-state index >= 15 is 0 Å². The van der Waals surface area contributed by atoms with Gasteiger partial charge in [0.05, 0.1) is 14.2 Å². The number of hydrogen-bond donors (Lipinski definition) is 1. The van der Waals surface area contributed by atoms with Crippen LogP contribution in [0.2, 0.25) is 0 Å². The molecule has 1 N–H and O–H groups in total. The van der Waals surface area contributed by atoms with Crippen molar-refractivity contribution in [2.75, 3.05) is 20.8 Å². The van der Waals surface area contributed by atoms with E-state index in [-0.39, 0.29) is 0 Å². The highest BCUT2D eigenvalue weighted by molar-refractivity contribution is 5.43. The molecule has 0 aliphatic heterocycles. The highest BCUT2D eigenvalue weighted by atomic mass is 16.5. The zero-order valence-corrected chi connectivity index (χ0v) is 10.8. The number of benzene rings is 1. The van der Waals surface area contributed by atoms with Gasteiger partial charge in [0, 0.05) is 6.04 Å². The third kappa shape index (κ3) is 3.13. The summed E-state index contributed by atoms with van der Waals surface area (Å²) in [6, 6.07) is 6.45. The SMILES string of the molecule is COc1ccc(C(C)NCC2CC2)cc1OC. The summed E-state index contributed by atoms with van der Waals surface area (Å²) in [5.41, 5.74) is 1.24. The number of rotatable bonds is 6. The maximum absolute atomic E-state index is 5.31. The molecule has 1 aliphatic carbocycles. The lowest BCUT2D eigenvalue weighted by Crippen LogP contribution is -2.21. The van der Waals surface area contributed by atoms with Crippen molar-refractivity contribution in [2.24, 2.45) is 5.92 Å². The predicted molar refractivity (Wildman–Crippen MR) is 68.7 cm³/mol. The third-order valence-electron chi connectivity index (χ3n) is 3.32. The Bertz CT molecular complexity index is 374. The zero-order valence-electron chi connectivity index (χ0n) is 10.8. The van der Waals surface area contributed by atoms with Crippen molar-refractivity contribution in [1.82, 2.24) is 5.32 Å². The van der Waals surface area contributed by atoms with E-state index in [4.69, 9.17) is 9.47 Å². The Hall–Kier alpha value is -1.22. The van der Waals surface area contributed by atoms with Crippen LogP contribution >= 0.6 is 0 Å². The van der Waals surface area contributed by atoms with Crippen LogP contribution in [-0.4, -0.2) is 20.8 Å². The lowest BCUT2D eigenvalue weighted by molar-refractivity contribution is 0.354. The van der Waals surface area contributed by atoms with Crippen molar-refractivity contribution in [3.63, 3.8) is 0 Å². The summed E-state index contributed by atoms with van der Waals surface area (Å²) in [5, 5.41) is 3.55. The van der Waals surface area contributed by atoms with Crippen LogP contribution in [0, 0.1) is 5.92 Å². The van der Waals surface area contributed by atoms with Crippen LogP contribution in [0.5, 0.6) is 11.5 Å². The van der Waals surface area contributed by atoms with Gasteiger partial charge in [0.2, 0.25) is 0 Å². The molecule has 1 aromatic carbocycles. The molecule has 1 fully saturated rings. The molecule has 94 valence electrons. The Labute approximate surface area is 103 Å². The summed E-state index contributed by atoms with van der Waals surface area (Å²) in [6.45, 7) is 3.30.